The number of benzene rings is 2. The van der Waals surface area contributed by atoms with Gasteiger partial charge < -0.3 is 15.0 Å². The monoisotopic (exact) mass is 770 g/mol. The molecule has 0 aliphatic carbocycles. The molecule has 3 rings (SSSR count). The number of thiol groups is 1. The summed E-state index contributed by atoms with van der Waals surface area (Å²) in [6.45, 7) is 29.6. The molecule has 0 aliphatic heterocycles. The molecular weight excluding hydrogens is 703 g/mol. The maximum Gasteiger partial charge on any atom is 0.243 e. The summed E-state index contributed by atoms with van der Waals surface area (Å²) < 4.78 is 4.13. The van der Waals surface area contributed by atoms with Gasteiger partial charge in [-0.2, -0.15) is 0 Å². The normalized spacial score (nSPS) is 10.7. The molecule has 1 heterocycles. The quantitative estimate of drug-likeness (QED) is 0.115. The average Bonchev–Trinajstić information content (AvgIpc) is 3.57. The van der Waals surface area contributed by atoms with Gasteiger partial charge in [0.05, 0.1) is 17.3 Å². The average molecular weight is 772 g/mol. The van der Waals surface area contributed by atoms with Crippen molar-refractivity contribution in [2.45, 2.75) is 114 Å². The number of hydrogen-bond acceptors (Lipinski definition) is 4. The highest BCUT2D eigenvalue weighted by molar-refractivity contribution is 7.78. The van der Waals surface area contributed by atoms with Crippen LogP contribution in [0.15, 0.2) is 103 Å². The standard InChI is InChI=1S/C16H16Cl2N2.C14H20.C6H12.C4H8.C2H6N2OS.C2H6/c1-3-5-6-7-16-19-15(11-20(16)4-2)13-9-8-12(17)10-14(13)18;1-5-6-7-12-8-10-13(11-9-12)14(2,3)4;1-4-6(3)5-2;1-3-4-2;3-1-2(5)4-6;1-2/h3,5-11H,4H2,1-2H3;5-6,8-11H,7H2,1-4H3;4H,5H2,1-3H3;3H,1,4H2,2H3;6H,1,3H2,(H,4,5);1-2H3/b5-3+,7-6+;6-5-;6-4-;;;. The number of allylic oxidation sites excluding steroid dienone is 8. The zero-order valence-corrected chi connectivity index (χ0v) is 36.5. The van der Waals surface area contributed by atoms with E-state index in [2.05, 4.69) is 134 Å². The molecule has 8 heteroatoms. The maximum absolute atomic E-state index is 9.87. The Morgan fingerprint density at radius 2 is 1.60 bits per heavy atom. The van der Waals surface area contributed by atoms with Crippen LogP contribution in [0.25, 0.3) is 17.3 Å². The molecule has 0 spiro atoms. The van der Waals surface area contributed by atoms with E-state index in [9.17, 15) is 4.79 Å². The number of nitrogens with two attached hydrogens (primary N) is 1. The number of carbonyl (C=O) groups excluding carboxylic acids is 1. The summed E-state index contributed by atoms with van der Waals surface area (Å²) in [4.78, 5) is 14.5. The first-order chi connectivity index (χ1) is 24.7. The number of aromatic nitrogens is 2. The minimum atomic E-state index is -0.265. The molecule has 0 saturated heterocycles. The fourth-order valence-electron chi connectivity index (χ4n) is 3.54. The van der Waals surface area contributed by atoms with Crippen molar-refractivity contribution in [3.05, 3.63) is 130 Å². The van der Waals surface area contributed by atoms with Crippen molar-refractivity contribution >= 4 is 48.0 Å². The second-order valence-corrected chi connectivity index (χ2v) is 13.0. The third-order valence-corrected chi connectivity index (χ3v) is 7.76. The Bertz CT molecular complexity index is 1470. The Balaban J connectivity index is -0.000000649. The predicted octanol–water partition coefficient (Wildman–Crippen LogP) is 13.4. The van der Waals surface area contributed by atoms with Gasteiger partial charge in [-0.05, 0) is 94.7 Å². The van der Waals surface area contributed by atoms with Crippen LogP contribution in [0, 0.1) is 0 Å². The van der Waals surface area contributed by atoms with Crippen molar-refractivity contribution in [1.82, 2.24) is 14.3 Å². The SMILES string of the molecule is C/C=C(/C)CC.C/C=C/C=C/c1nc(-c2ccc(Cl)cc2Cl)cn1CC.C/C=C\Cc1ccc(C(C)(C)C)cc1.C=CCC.CC.NCC(=O)NS. The lowest BCUT2D eigenvalue weighted by Crippen LogP contribution is -2.22. The molecule has 3 N–H and O–H groups in total. The molecule has 0 radical (unpaired) electrons. The molecule has 2 aromatic carbocycles. The summed E-state index contributed by atoms with van der Waals surface area (Å²) in [5.74, 6) is 0.643. The van der Waals surface area contributed by atoms with Gasteiger partial charge in [-0.1, -0.05) is 157 Å². The highest BCUT2D eigenvalue weighted by Gasteiger charge is 2.12. The largest absolute Gasteiger partial charge is 0.331 e. The molecule has 52 heavy (non-hydrogen) atoms. The van der Waals surface area contributed by atoms with Crippen LogP contribution in [-0.2, 0) is 23.2 Å². The highest BCUT2D eigenvalue weighted by Crippen LogP contribution is 2.30. The van der Waals surface area contributed by atoms with E-state index in [4.69, 9.17) is 28.9 Å². The molecular formula is C44H68Cl2N4OS. The van der Waals surface area contributed by atoms with Crippen molar-refractivity contribution in [1.29, 1.82) is 0 Å². The van der Waals surface area contributed by atoms with E-state index in [1.807, 2.05) is 74.2 Å². The van der Waals surface area contributed by atoms with Gasteiger partial charge in [-0.15, -0.1) is 6.58 Å². The minimum Gasteiger partial charge on any atom is -0.331 e. The number of hydrogen-bond donors (Lipinski definition) is 3. The Hall–Kier alpha value is -3.29. The number of halogens is 2. The fourth-order valence-corrected chi connectivity index (χ4v) is 4.14. The van der Waals surface area contributed by atoms with E-state index in [-0.39, 0.29) is 17.9 Å². The molecule has 0 fully saturated rings. The van der Waals surface area contributed by atoms with Crippen molar-refractivity contribution in [2.75, 3.05) is 6.54 Å². The Labute approximate surface area is 333 Å². The zero-order chi connectivity index (χ0) is 40.5. The second kappa shape index (κ2) is 33.5. The Morgan fingerprint density at radius 1 is 1.00 bits per heavy atom. The van der Waals surface area contributed by atoms with E-state index < -0.39 is 0 Å². The number of carbonyl (C=O) groups is 1. The van der Waals surface area contributed by atoms with Gasteiger partial charge in [0.25, 0.3) is 0 Å². The second-order valence-electron chi connectivity index (χ2n) is 11.9. The molecule has 1 aromatic heterocycles. The summed E-state index contributed by atoms with van der Waals surface area (Å²) in [6, 6.07) is 14.4. The molecule has 0 aliphatic rings. The first-order valence-corrected chi connectivity index (χ1v) is 19.3. The van der Waals surface area contributed by atoms with Crippen LogP contribution < -0.4 is 10.5 Å². The van der Waals surface area contributed by atoms with Gasteiger partial charge in [-0.25, -0.2) is 4.98 Å². The molecule has 290 valence electrons. The van der Waals surface area contributed by atoms with Crippen LogP contribution in [0.5, 0.6) is 0 Å². The van der Waals surface area contributed by atoms with E-state index in [0.717, 1.165) is 36.5 Å². The van der Waals surface area contributed by atoms with Crippen LogP contribution in [0.1, 0.15) is 113 Å². The van der Waals surface area contributed by atoms with E-state index in [1.165, 1.54) is 23.1 Å². The Morgan fingerprint density at radius 3 is 1.96 bits per heavy atom. The van der Waals surface area contributed by atoms with E-state index in [1.54, 1.807) is 6.07 Å². The highest BCUT2D eigenvalue weighted by atomic mass is 35.5. The summed E-state index contributed by atoms with van der Waals surface area (Å²) >= 11 is 15.6. The van der Waals surface area contributed by atoms with Crippen molar-refractivity contribution in [3.8, 4) is 11.3 Å². The first-order valence-electron chi connectivity index (χ1n) is 18.1. The number of rotatable bonds is 9. The first kappa shape index (κ1) is 53.1. The van der Waals surface area contributed by atoms with Crippen molar-refractivity contribution < 1.29 is 4.79 Å². The van der Waals surface area contributed by atoms with Gasteiger partial charge in [0.15, 0.2) is 0 Å². The lowest BCUT2D eigenvalue weighted by molar-refractivity contribution is -0.117. The van der Waals surface area contributed by atoms with Gasteiger partial charge >= 0.3 is 0 Å². The van der Waals surface area contributed by atoms with Crippen LogP contribution in [0.3, 0.4) is 0 Å². The lowest BCUT2D eigenvalue weighted by Gasteiger charge is -2.18. The maximum atomic E-state index is 9.87. The lowest BCUT2D eigenvalue weighted by atomic mass is 9.86. The molecule has 5 nitrogen and oxygen atoms in total. The summed E-state index contributed by atoms with van der Waals surface area (Å²) in [7, 11) is 0. The Kier molecular flexibility index (Phi) is 34.2. The van der Waals surface area contributed by atoms with Crippen LogP contribution in [-0.4, -0.2) is 22.0 Å². The molecule has 0 bridgehead atoms. The molecule has 0 unspecified atom stereocenters. The summed E-state index contributed by atoms with van der Waals surface area (Å²) in [6.07, 6.45) is 21.5. The number of amides is 1. The molecule has 3 aromatic rings. The van der Waals surface area contributed by atoms with Gasteiger partial charge in [-0.3, -0.25) is 4.79 Å². The van der Waals surface area contributed by atoms with Gasteiger partial charge in [0, 0.05) is 23.3 Å². The van der Waals surface area contributed by atoms with E-state index >= 15 is 0 Å². The molecule has 0 saturated carbocycles. The van der Waals surface area contributed by atoms with Crippen LogP contribution >= 0.6 is 36.0 Å². The molecule has 1 amide bonds. The third kappa shape index (κ3) is 25.6. The third-order valence-electron chi connectivity index (χ3n) is 6.96. The van der Waals surface area contributed by atoms with Crippen LogP contribution in [0.4, 0.5) is 0 Å². The number of imidazole rings is 1. The number of nitrogens with zero attached hydrogens (tertiary/aromatic N) is 2. The van der Waals surface area contributed by atoms with Crippen LogP contribution in [0.2, 0.25) is 10.0 Å². The number of nitrogens with one attached hydrogen (secondary N) is 1. The van der Waals surface area contributed by atoms with Gasteiger partial charge in [0.1, 0.15) is 5.82 Å². The molecule has 0 atom stereocenters. The van der Waals surface area contributed by atoms with Crippen molar-refractivity contribution in [3.63, 3.8) is 0 Å². The smallest absolute Gasteiger partial charge is 0.243 e. The van der Waals surface area contributed by atoms with E-state index in [0.29, 0.717) is 10.0 Å². The predicted molar refractivity (Wildman–Crippen MR) is 239 cm³/mol. The topological polar surface area (TPSA) is 72.9 Å². The van der Waals surface area contributed by atoms with Crippen molar-refractivity contribution in [2.24, 2.45) is 5.73 Å². The zero-order valence-electron chi connectivity index (χ0n) is 34.1. The number of aryl methyl sites for hydroxylation is 1. The minimum absolute atomic E-state index is 0.00347. The summed E-state index contributed by atoms with van der Waals surface area (Å²) in [5, 5.41) is 1.24. The fraction of sp³-hybridized carbons (Fsp3) is 0.409. The summed E-state index contributed by atoms with van der Waals surface area (Å²) in [5.41, 5.74) is 11.1. The van der Waals surface area contributed by atoms with Gasteiger partial charge in [0.2, 0.25) is 5.91 Å².